The maximum Gasteiger partial charge on any atom is 0.227 e. The van der Waals surface area contributed by atoms with Crippen LogP contribution in [0.4, 0.5) is 17.1 Å². The molecule has 0 aliphatic heterocycles. The summed E-state index contributed by atoms with van der Waals surface area (Å²) in [6.45, 7) is 4.66. The molecule has 0 amide bonds. The van der Waals surface area contributed by atoms with Crippen LogP contribution in [0.2, 0.25) is 0 Å². The number of furan rings is 1. The molecule has 0 N–H and O–H groups in total. The first-order chi connectivity index (χ1) is 26.5. The lowest BCUT2D eigenvalue weighted by molar-refractivity contribution is 0.620. The van der Waals surface area contributed by atoms with Crippen molar-refractivity contribution in [3.05, 3.63) is 181 Å². The molecule has 0 spiro atoms. The van der Waals surface area contributed by atoms with E-state index in [1.165, 1.54) is 44.2 Å². The Hall–Kier alpha value is -6.91. The molecule has 4 heteroatoms. The van der Waals surface area contributed by atoms with Gasteiger partial charge in [-0.3, -0.25) is 0 Å². The Labute approximate surface area is 312 Å². The quantitative estimate of drug-likeness (QED) is 0.180. The molecule has 0 atom stereocenters. The summed E-state index contributed by atoms with van der Waals surface area (Å²) in [6.07, 6.45) is 0. The smallest absolute Gasteiger partial charge is 0.227 e. The van der Waals surface area contributed by atoms with Gasteiger partial charge in [-0.25, -0.2) is 4.98 Å². The molecule has 0 radical (unpaired) electrons. The minimum Gasteiger partial charge on any atom is -0.456 e. The van der Waals surface area contributed by atoms with Crippen molar-refractivity contribution in [1.82, 2.24) is 4.98 Å². The zero-order valence-electron chi connectivity index (χ0n) is 29.9. The fourth-order valence-corrected chi connectivity index (χ4v) is 8.48. The fourth-order valence-electron chi connectivity index (χ4n) is 8.48. The van der Waals surface area contributed by atoms with Gasteiger partial charge < -0.3 is 13.7 Å². The highest BCUT2D eigenvalue weighted by Gasteiger charge is 2.35. The van der Waals surface area contributed by atoms with E-state index in [2.05, 4.69) is 152 Å². The number of rotatable bonds is 5. The normalized spacial score (nSPS) is 13.1. The van der Waals surface area contributed by atoms with Crippen LogP contribution >= 0.6 is 0 Å². The highest BCUT2D eigenvalue weighted by molar-refractivity contribution is 6.10. The lowest BCUT2D eigenvalue weighted by atomic mass is 9.82. The Bertz CT molecular complexity index is 3080. The maximum absolute atomic E-state index is 6.59. The summed E-state index contributed by atoms with van der Waals surface area (Å²) >= 11 is 0. The molecule has 2 aromatic heterocycles. The van der Waals surface area contributed by atoms with Crippen LogP contribution in [0.1, 0.15) is 25.0 Å². The SMILES string of the molecule is CC1(C)c2ccccc2-c2ccc(N(c3ccc(-c4ccc5ccccc5c4)cc3)c3ccc4c(c3)oc3cc5nc(-c6ccccc6)oc5cc34)cc21. The van der Waals surface area contributed by atoms with Crippen molar-refractivity contribution in [3.63, 3.8) is 0 Å². The Morgan fingerprint density at radius 1 is 0.444 bits per heavy atom. The van der Waals surface area contributed by atoms with Gasteiger partial charge in [0.05, 0.1) is 0 Å². The van der Waals surface area contributed by atoms with Crippen molar-refractivity contribution in [3.8, 4) is 33.7 Å². The number of anilines is 3. The van der Waals surface area contributed by atoms with Gasteiger partial charge in [-0.2, -0.15) is 0 Å². The van der Waals surface area contributed by atoms with Gasteiger partial charge in [0.25, 0.3) is 0 Å². The van der Waals surface area contributed by atoms with Crippen LogP contribution in [-0.2, 0) is 5.41 Å². The minimum absolute atomic E-state index is 0.123. The van der Waals surface area contributed by atoms with Crippen molar-refractivity contribution in [1.29, 1.82) is 0 Å². The lowest BCUT2D eigenvalue weighted by Crippen LogP contribution is -2.16. The monoisotopic (exact) mass is 694 g/mol. The molecule has 8 aromatic carbocycles. The summed E-state index contributed by atoms with van der Waals surface area (Å²) in [5, 5.41) is 4.52. The predicted octanol–water partition coefficient (Wildman–Crippen LogP) is 14.0. The van der Waals surface area contributed by atoms with Gasteiger partial charge in [0.2, 0.25) is 5.89 Å². The molecule has 0 saturated heterocycles. The molecule has 2 heterocycles. The molecule has 0 fully saturated rings. The van der Waals surface area contributed by atoms with Crippen LogP contribution in [0, 0.1) is 0 Å². The van der Waals surface area contributed by atoms with E-state index >= 15 is 0 Å². The zero-order valence-corrected chi connectivity index (χ0v) is 29.9. The number of fused-ring (bicyclic) bond motifs is 8. The van der Waals surface area contributed by atoms with Crippen LogP contribution in [0.5, 0.6) is 0 Å². The van der Waals surface area contributed by atoms with Gasteiger partial charge in [-0.1, -0.05) is 111 Å². The molecular formula is C50H34N2O2. The molecule has 54 heavy (non-hydrogen) atoms. The van der Waals surface area contributed by atoms with Crippen molar-refractivity contribution in [2.24, 2.45) is 0 Å². The van der Waals surface area contributed by atoms with Crippen molar-refractivity contribution in [2.45, 2.75) is 19.3 Å². The fraction of sp³-hybridized carbons (Fsp3) is 0.0600. The first kappa shape index (κ1) is 30.7. The van der Waals surface area contributed by atoms with E-state index in [-0.39, 0.29) is 5.41 Å². The number of nitrogens with zero attached hydrogens (tertiary/aromatic N) is 2. The van der Waals surface area contributed by atoms with Gasteiger partial charge in [0.1, 0.15) is 16.7 Å². The van der Waals surface area contributed by atoms with E-state index in [9.17, 15) is 0 Å². The van der Waals surface area contributed by atoms with Crippen molar-refractivity contribution < 1.29 is 8.83 Å². The molecule has 11 rings (SSSR count). The summed E-state index contributed by atoms with van der Waals surface area (Å²) in [5.41, 5.74) is 14.8. The molecule has 1 aliphatic carbocycles. The van der Waals surface area contributed by atoms with Crippen molar-refractivity contribution >= 4 is 60.9 Å². The molecule has 4 nitrogen and oxygen atoms in total. The van der Waals surface area contributed by atoms with E-state index in [1.807, 2.05) is 36.4 Å². The topological polar surface area (TPSA) is 42.4 Å². The Morgan fingerprint density at radius 3 is 2.00 bits per heavy atom. The summed E-state index contributed by atoms with van der Waals surface area (Å²) in [6, 6.07) is 60.4. The van der Waals surface area contributed by atoms with Crippen LogP contribution in [0.25, 0.3) is 77.5 Å². The summed E-state index contributed by atoms with van der Waals surface area (Å²) in [4.78, 5) is 7.14. The van der Waals surface area contributed by atoms with Gasteiger partial charge >= 0.3 is 0 Å². The second kappa shape index (κ2) is 11.5. The number of oxazole rings is 1. The molecule has 1 aliphatic rings. The van der Waals surface area contributed by atoms with Crippen molar-refractivity contribution in [2.75, 3.05) is 4.90 Å². The van der Waals surface area contributed by atoms with Crippen LogP contribution in [0.15, 0.2) is 179 Å². The molecular weight excluding hydrogens is 661 g/mol. The molecule has 0 bridgehead atoms. The number of hydrogen-bond acceptors (Lipinski definition) is 4. The summed E-state index contributed by atoms with van der Waals surface area (Å²) < 4.78 is 12.8. The van der Waals surface area contributed by atoms with E-state index in [4.69, 9.17) is 13.8 Å². The van der Waals surface area contributed by atoms with Gasteiger partial charge in [0, 0.05) is 50.9 Å². The Morgan fingerprint density at radius 2 is 1.13 bits per heavy atom. The standard InChI is InChI=1S/C50H34N2O2/c1-50(2)43-15-9-8-14-39(43)40-24-22-37(27-44(40)50)52(36-20-18-32(19-21-36)35-17-16-31-10-6-7-13-34(31)26-35)38-23-25-41-42-29-48-45(30-47(42)53-46(41)28-38)51-49(54-48)33-11-4-3-5-12-33/h3-30H,1-2H3. The second-order valence-electron chi connectivity index (χ2n) is 14.8. The summed E-state index contributed by atoms with van der Waals surface area (Å²) in [5.74, 6) is 0.604. The first-order valence-corrected chi connectivity index (χ1v) is 18.4. The van der Waals surface area contributed by atoms with Crippen LogP contribution < -0.4 is 4.90 Å². The minimum atomic E-state index is -0.123. The molecule has 0 saturated carbocycles. The van der Waals surface area contributed by atoms with Crippen LogP contribution in [-0.4, -0.2) is 4.98 Å². The van der Waals surface area contributed by atoms with Gasteiger partial charge in [-0.15, -0.1) is 0 Å². The second-order valence-corrected chi connectivity index (χ2v) is 14.8. The average molecular weight is 695 g/mol. The van der Waals surface area contributed by atoms with Gasteiger partial charge in [0.15, 0.2) is 5.58 Å². The van der Waals surface area contributed by atoms with E-state index in [1.54, 1.807) is 0 Å². The highest BCUT2D eigenvalue weighted by atomic mass is 16.4. The number of hydrogen-bond donors (Lipinski definition) is 0. The Kier molecular flexibility index (Phi) is 6.56. The van der Waals surface area contributed by atoms with E-state index in [0.717, 1.165) is 55.7 Å². The zero-order chi connectivity index (χ0) is 36.0. The molecule has 256 valence electrons. The first-order valence-electron chi connectivity index (χ1n) is 18.4. The average Bonchev–Trinajstić information content (AvgIpc) is 3.87. The van der Waals surface area contributed by atoms with Gasteiger partial charge in [-0.05, 0) is 105 Å². The third-order valence-corrected chi connectivity index (χ3v) is 11.3. The third kappa shape index (κ3) is 4.73. The van der Waals surface area contributed by atoms with E-state index in [0.29, 0.717) is 5.89 Å². The largest absolute Gasteiger partial charge is 0.456 e. The number of benzene rings is 8. The summed E-state index contributed by atoms with van der Waals surface area (Å²) in [7, 11) is 0. The highest BCUT2D eigenvalue weighted by Crippen LogP contribution is 2.51. The molecule has 10 aromatic rings. The molecule has 0 unspecified atom stereocenters. The predicted molar refractivity (Wildman–Crippen MR) is 222 cm³/mol. The van der Waals surface area contributed by atoms with E-state index < -0.39 is 0 Å². The van der Waals surface area contributed by atoms with Crippen LogP contribution in [0.3, 0.4) is 0 Å². The number of aromatic nitrogens is 1. The lowest BCUT2D eigenvalue weighted by Gasteiger charge is -2.28. The Balaban J connectivity index is 1.04. The maximum atomic E-state index is 6.59. The third-order valence-electron chi connectivity index (χ3n) is 11.3.